The molecule has 222 valence electrons. The fraction of sp³-hybridized carbons (Fsp3) is 0.714. The topological polar surface area (TPSA) is 51.2 Å². The quantitative estimate of drug-likeness (QED) is 0.292. The first-order valence-corrected chi connectivity index (χ1v) is 16.8. The highest BCUT2D eigenvalue weighted by Crippen LogP contribution is 2.69. The van der Waals surface area contributed by atoms with Crippen molar-refractivity contribution in [3.05, 3.63) is 58.9 Å². The highest BCUT2D eigenvalue weighted by atomic mass is 35.5. The molecule has 11 atom stereocenters. The van der Waals surface area contributed by atoms with Crippen LogP contribution in [0.4, 0.5) is 0 Å². The standard InChI is InChI=1S/C35H49ClN3O2/c1-22(39-18-17-38(37-39)21-24-6-9-26(36)10-7-24)5-12-31-23(2)33-32(41-31)20-30-28-11-8-25-19-27(40)13-15-34(25,3)29(28)14-16-35(30,33)4/h6-10,17-18,22-23,27-33,40H,5,11-16,19-21H2,1-4H3/q+1/t22-,23?,27?,28-,29+,30+,31-,32?,33?,34+,35+/m1/s1. The Hall–Kier alpha value is -1.69. The number of allylic oxidation sites excluding steroid dienone is 1. The maximum Gasteiger partial charge on any atom is 0.155 e. The molecule has 4 unspecified atom stereocenters. The first kappa shape index (κ1) is 28.1. The van der Waals surface area contributed by atoms with Gasteiger partial charge in [-0.2, -0.15) is 0 Å². The number of rotatable bonds is 6. The van der Waals surface area contributed by atoms with Crippen molar-refractivity contribution < 1.29 is 14.5 Å². The second-order valence-electron chi connectivity index (χ2n) is 15.0. The minimum Gasteiger partial charge on any atom is -0.393 e. The van der Waals surface area contributed by atoms with Crippen molar-refractivity contribution in [2.75, 3.05) is 0 Å². The predicted octanol–water partition coefficient (Wildman–Crippen LogP) is 7.17. The molecule has 1 N–H and O–H groups in total. The molecule has 0 radical (unpaired) electrons. The molecule has 3 saturated carbocycles. The summed E-state index contributed by atoms with van der Waals surface area (Å²) in [7, 11) is 0. The molecule has 41 heavy (non-hydrogen) atoms. The Morgan fingerprint density at radius 2 is 1.98 bits per heavy atom. The Balaban J connectivity index is 0.983. The minimum absolute atomic E-state index is 0.122. The van der Waals surface area contributed by atoms with Crippen molar-refractivity contribution in [2.45, 2.75) is 116 Å². The Morgan fingerprint density at radius 3 is 2.78 bits per heavy atom. The van der Waals surface area contributed by atoms with E-state index in [9.17, 15) is 5.11 Å². The number of nitrogens with zero attached hydrogens (tertiary/aromatic N) is 3. The van der Waals surface area contributed by atoms with Gasteiger partial charge < -0.3 is 9.84 Å². The Morgan fingerprint density at radius 1 is 1.17 bits per heavy atom. The molecule has 4 fully saturated rings. The van der Waals surface area contributed by atoms with Crippen molar-refractivity contribution in [3.63, 3.8) is 0 Å². The van der Waals surface area contributed by atoms with Crippen molar-refractivity contribution in [1.82, 2.24) is 9.90 Å². The third kappa shape index (κ3) is 4.73. The Kier molecular flexibility index (Phi) is 7.19. The summed E-state index contributed by atoms with van der Waals surface area (Å²) in [4.78, 5) is 0. The summed E-state index contributed by atoms with van der Waals surface area (Å²) in [6, 6.07) is 8.35. The second-order valence-corrected chi connectivity index (χ2v) is 15.4. The first-order chi connectivity index (χ1) is 19.7. The summed E-state index contributed by atoms with van der Waals surface area (Å²) < 4.78 is 11.1. The number of aliphatic hydroxyl groups excluding tert-OH is 1. The maximum absolute atomic E-state index is 10.4. The van der Waals surface area contributed by atoms with Gasteiger partial charge >= 0.3 is 0 Å². The number of aromatic nitrogens is 3. The van der Waals surface area contributed by atoms with Gasteiger partial charge in [0.15, 0.2) is 12.4 Å². The average Bonchev–Trinajstić information content (AvgIpc) is 3.63. The molecule has 1 aromatic heterocycles. The highest BCUT2D eigenvalue weighted by Gasteiger charge is 2.64. The van der Waals surface area contributed by atoms with Crippen molar-refractivity contribution in [1.29, 1.82) is 0 Å². The highest BCUT2D eigenvalue weighted by molar-refractivity contribution is 6.30. The van der Waals surface area contributed by atoms with E-state index in [-0.39, 0.29) is 6.10 Å². The van der Waals surface area contributed by atoms with Crippen LogP contribution in [0.1, 0.15) is 97.1 Å². The smallest absolute Gasteiger partial charge is 0.155 e. The predicted molar refractivity (Wildman–Crippen MR) is 161 cm³/mol. The summed E-state index contributed by atoms with van der Waals surface area (Å²) >= 11 is 6.04. The number of hydrogen-bond acceptors (Lipinski definition) is 3. The van der Waals surface area contributed by atoms with Crippen molar-refractivity contribution in [2.24, 2.45) is 40.4 Å². The number of hydrogen-bond donors (Lipinski definition) is 1. The molecular weight excluding hydrogens is 530 g/mol. The van der Waals surface area contributed by atoms with Gasteiger partial charge in [-0.3, -0.25) is 0 Å². The zero-order valence-electron chi connectivity index (χ0n) is 25.4. The van der Waals surface area contributed by atoms with Crippen LogP contribution < -0.4 is 4.68 Å². The largest absolute Gasteiger partial charge is 0.393 e. The minimum atomic E-state index is -0.122. The van der Waals surface area contributed by atoms with E-state index < -0.39 is 0 Å². The molecular formula is C35H49ClN3O2+. The van der Waals surface area contributed by atoms with Crippen LogP contribution in [0.5, 0.6) is 0 Å². The van der Waals surface area contributed by atoms with Gasteiger partial charge in [0.1, 0.15) is 12.6 Å². The molecule has 4 aliphatic carbocycles. The zero-order chi connectivity index (χ0) is 28.5. The number of benzene rings is 1. The summed E-state index contributed by atoms with van der Waals surface area (Å²) in [6.45, 7) is 10.7. The fourth-order valence-electron chi connectivity index (χ4n) is 10.6. The third-order valence-electron chi connectivity index (χ3n) is 12.9. The molecule has 0 amide bonds. The molecule has 1 saturated heterocycles. The normalized spacial score (nSPS) is 42.1. The number of halogens is 1. The van der Waals surface area contributed by atoms with Crippen molar-refractivity contribution in [3.8, 4) is 0 Å². The van der Waals surface area contributed by atoms with E-state index in [1.165, 1.54) is 37.7 Å². The molecule has 0 spiro atoms. The second kappa shape index (κ2) is 10.5. The van der Waals surface area contributed by atoms with Crippen LogP contribution in [-0.2, 0) is 11.3 Å². The average molecular weight is 579 g/mol. The van der Waals surface area contributed by atoms with Gasteiger partial charge in [0.05, 0.1) is 23.5 Å². The van der Waals surface area contributed by atoms with Crippen LogP contribution >= 0.6 is 11.6 Å². The number of ether oxygens (including phenoxy) is 1. The molecule has 1 aromatic carbocycles. The Bertz CT molecular complexity index is 1290. The van der Waals surface area contributed by atoms with Crippen LogP contribution in [0.15, 0.2) is 48.3 Å². The van der Waals surface area contributed by atoms with Crippen LogP contribution in [0, 0.1) is 40.4 Å². The lowest BCUT2D eigenvalue weighted by atomic mass is 9.47. The van der Waals surface area contributed by atoms with E-state index in [2.05, 4.69) is 63.0 Å². The van der Waals surface area contributed by atoms with Crippen molar-refractivity contribution >= 4 is 11.6 Å². The van der Waals surface area contributed by atoms with Crippen LogP contribution in [0.2, 0.25) is 5.02 Å². The number of aliphatic hydroxyl groups is 1. The van der Waals surface area contributed by atoms with E-state index in [0.717, 1.165) is 55.0 Å². The van der Waals surface area contributed by atoms with Gasteiger partial charge in [0.25, 0.3) is 0 Å². The SMILES string of the molecule is CC1C2C(C[C@H]3[C@@H]4CC=C5CC(O)CC[C@]5(C)[C@H]4CC[C@]23C)O[C@@H]1CC[C@@H](C)n1cc[n+](Cc2ccc(Cl)cc2)n1. The summed E-state index contributed by atoms with van der Waals surface area (Å²) in [5, 5.41) is 16.0. The van der Waals surface area contributed by atoms with Gasteiger partial charge in [-0.05, 0) is 123 Å². The summed E-state index contributed by atoms with van der Waals surface area (Å²) in [6.07, 6.45) is 17.8. The first-order valence-electron chi connectivity index (χ1n) is 16.4. The van der Waals surface area contributed by atoms with E-state index in [1.54, 1.807) is 5.57 Å². The summed E-state index contributed by atoms with van der Waals surface area (Å²) in [5.41, 5.74) is 3.49. The van der Waals surface area contributed by atoms with Gasteiger partial charge in [0, 0.05) is 5.02 Å². The molecule has 7 rings (SSSR count). The lowest BCUT2D eigenvalue weighted by Gasteiger charge is -2.58. The van der Waals surface area contributed by atoms with Gasteiger partial charge in [-0.25, -0.2) is 0 Å². The molecule has 2 aromatic rings. The van der Waals surface area contributed by atoms with Crippen LogP contribution in [0.25, 0.3) is 0 Å². The van der Waals surface area contributed by atoms with Crippen LogP contribution in [0.3, 0.4) is 0 Å². The Labute approximate surface area is 251 Å². The molecule has 2 heterocycles. The lowest BCUT2D eigenvalue weighted by Crippen LogP contribution is -2.51. The van der Waals surface area contributed by atoms with Gasteiger partial charge in [0.2, 0.25) is 0 Å². The molecule has 1 aliphatic heterocycles. The zero-order valence-corrected chi connectivity index (χ0v) is 26.1. The van der Waals surface area contributed by atoms with Crippen LogP contribution in [-0.4, -0.2) is 33.3 Å². The van der Waals surface area contributed by atoms with E-state index >= 15 is 0 Å². The van der Waals surface area contributed by atoms with E-state index in [1.807, 2.05) is 16.8 Å². The van der Waals surface area contributed by atoms with E-state index in [4.69, 9.17) is 21.6 Å². The van der Waals surface area contributed by atoms with Gasteiger partial charge in [-0.15, -0.1) is 9.36 Å². The lowest BCUT2D eigenvalue weighted by molar-refractivity contribution is -0.747. The number of fused-ring (bicyclic) bond motifs is 7. The van der Waals surface area contributed by atoms with E-state index in [0.29, 0.717) is 40.9 Å². The monoisotopic (exact) mass is 578 g/mol. The maximum atomic E-state index is 10.4. The third-order valence-corrected chi connectivity index (χ3v) is 13.1. The molecule has 5 aliphatic rings. The summed E-state index contributed by atoms with van der Waals surface area (Å²) in [5.74, 6) is 3.65. The fourth-order valence-corrected chi connectivity index (χ4v) is 10.8. The molecule has 6 heteroatoms. The van der Waals surface area contributed by atoms with Gasteiger partial charge in [-0.1, -0.05) is 56.2 Å². The molecule has 0 bridgehead atoms. The molecule has 5 nitrogen and oxygen atoms in total.